The van der Waals surface area contributed by atoms with Gasteiger partial charge in [0.2, 0.25) is 5.89 Å². The highest BCUT2D eigenvalue weighted by atomic mass is 32.2. The maximum Gasteiger partial charge on any atom is 0.411 e. The van der Waals surface area contributed by atoms with Crippen molar-refractivity contribution < 1.29 is 36.2 Å². The topological polar surface area (TPSA) is 138 Å². The molecule has 1 aliphatic carbocycles. The molecule has 2 heterocycles. The highest BCUT2D eigenvalue weighted by Gasteiger charge is 2.68. The number of esters is 1. The third-order valence-electron chi connectivity index (χ3n) is 6.15. The van der Waals surface area contributed by atoms with E-state index < -0.39 is 39.2 Å². The number of hydrogen-bond donors (Lipinski definition) is 0. The SMILES string of the molecule is CC(C)(C)OC(=O)N1[C@H](C(=O)OCc2ccccc2)C[C@@]2(Cc3nc(CCOS(C)(=O)=O)no3)C[C@@H]12. The van der Waals surface area contributed by atoms with E-state index in [1.54, 1.807) is 20.8 Å². The van der Waals surface area contributed by atoms with Crippen molar-refractivity contribution in [1.29, 1.82) is 0 Å². The number of carbonyl (C=O) groups is 2. The highest BCUT2D eigenvalue weighted by Crippen LogP contribution is 2.61. The van der Waals surface area contributed by atoms with Gasteiger partial charge < -0.3 is 14.0 Å². The second-order valence-corrected chi connectivity index (χ2v) is 12.0. The summed E-state index contributed by atoms with van der Waals surface area (Å²) in [7, 11) is -3.55. The zero-order chi connectivity index (χ0) is 26.1. The molecule has 1 amide bonds. The number of ether oxygens (including phenoxy) is 2. The molecule has 0 radical (unpaired) electrons. The second-order valence-electron chi connectivity index (χ2n) is 10.3. The number of benzene rings is 1. The Balaban J connectivity index is 1.44. The molecule has 0 bridgehead atoms. The van der Waals surface area contributed by atoms with Gasteiger partial charge in [-0.1, -0.05) is 35.5 Å². The minimum absolute atomic E-state index is 0.0900. The Kier molecular flexibility index (Phi) is 7.11. The van der Waals surface area contributed by atoms with Gasteiger partial charge in [-0.3, -0.25) is 9.08 Å². The number of aromatic nitrogens is 2. The largest absolute Gasteiger partial charge is 0.459 e. The first-order chi connectivity index (χ1) is 16.9. The standard InChI is InChI=1S/C24H31N3O8S/c1-23(2,3)34-22(29)27-17(21(28)32-15-16-8-6-5-7-9-16)12-24(13-18(24)27)14-20-25-19(26-35-20)10-11-33-36(4,30)31/h5-9,17-18H,10-15H2,1-4H3/t17-,18+,24-/m0/s1. The lowest BCUT2D eigenvalue weighted by Crippen LogP contribution is -2.46. The Labute approximate surface area is 210 Å². The van der Waals surface area contributed by atoms with Crippen LogP contribution in [0.2, 0.25) is 0 Å². The van der Waals surface area contributed by atoms with E-state index >= 15 is 0 Å². The molecule has 0 spiro atoms. The van der Waals surface area contributed by atoms with E-state index in [1.165, 1.54) is 4.90 Å². The minimum Gasteiger partial charge on any atom is -0.459 e. The van der Waals surface area contributed by atoms with Crippen molar-refractivity contribution in [3.8, 4) is 0 Å². The summed E-state index contributed by atoms with van der Waals surface area (Å²) >= 11 is 0. The molecule has 4 rings (SSSR count). The van der Waals surface area contributed by atoms with Gasteiger partial charge in [0.05, 0.1) is 12.9 Å². The van der Waals surface area contributed by atoms with E-state index in [2.05, 4.69) is 10.1 Å². The summed E-state index contributed by atoms with van der Waals surface area (Å²) in [5, 5.41) is 3.89. The molecular weight excluding hydrogens is 490 g/mol. The lowest BCUT2D eigenvalue weighted by molar-refractivity contribution is -0.150. The molecule has 0 N–H and O–H groups in total. The van der Waals surface area contributed by atoms with Gasteiger partial charge in [-0.05, 0) is 39.2 Å². The lowest BCUT2D eigenvalue weighted by Gasteiger charge is -2.29. The zero-order valence-electron chi connectivity index (χ0n) is 20.8. The fourth-order valence-corrected chi connectivity index (χ4v) is 4.93. The van der Waals surface area contributed by atoms with E-state index in [4.69, 9.17) is 18.2 Å². The van der Waals surface area contributed by atoms with Crippen molar-refractivity contribution in [3.63, 3.8) is 0 Å². The number of hydrogen-bond acceptors (Lipinski definition) is 10. The first-order valence-electron chi connectivity index (χ1n) is 11.7. The van der Waals surface area contributed by atoms with Crippen LogP contribution in [-0.2, 0) is 48.0 Å². The van der Waals surface area contributed by atoms with Crippen molar-refractivity contribution in [2.75, 3.05) is 12.9 Å². The van der Waals surface area contributed by atoms with Gasteiger partial charge in [0.1, 0.15) is 18.2 Å². The number of amides is 1. The van der Waals surface area contributed by atoms with Crippen LogP contribution in [0.4, 0.5) is 4.79 Å². The highest BCUT2D eigenvalue weighted by molar-refractivity contribution is 7.85. The summed E-state index contributed by atoms with van der Waals surface area (Å²) in [6.45, 7) is 5.35. The summed E-state index contributed by atoms with van der Waals surface area (Å²) < 4.78 is 43.5. The van der Waals surface area contributed by atoms with E-state index in [0.29, 0.717) is 31.0 Å². The fraction of sp³-hybridized carbons (Fsp3) is 0.583. The minimum atomic E-state index is -3.55. The summed E-state index contributed by atoms with van der Waals surface area (Å²) in [4.78, 5) is 32.0. The number of nitrogens with zero attached hydrogens (tertiary/aromatic N) is 3. The molecule has 1 aromatic carbocycles. The predicted molar refractivity (Wildman–Crippen MR) is 126 cm³/mol. The Morgan fingerprint density at radius 3 is 2.58 bits per heavy atom. The van der Waals surface area contributed by atoms with Gasteiger partial charge >= 0.3 is 12.1 Å². The smallest absolute Gasteiger partial charge is 0.411 e. The molecule has 2 aromatic rings. The molecular formula is C24H31N3O8S. The molecule has 1 saturated heterocycles. The Bertz CT molecular complexity index is 1210. The van der Waals surface area contributed by atoms with Crippen molar-refractivity contribution in [2.24, 2.45) is 5.41 Å². The molecule has 1 aliphatic heterocycles. The van der Waals surface area contributed by atoms with Crippen molar-refractivity contribution in [2.45, 2.75) is 70.7 Å². The summed E-state index contributed by atoms with van der Waals surface area (Å²) in [5.41, 5.74) is -0.267. The van der Waals surface area contributed by atoms with Gasteiger partial charge in [0, 0.05) is 24.3 Å². The molecule has 1 aromatic heterocycles. The van der Waals surface area contributed by atoms with Crippen LogP contribution in [0, 0.1) is 5.41 Å². The van der Waals surface area contributed by atoms with Gasteiger partial charge in [-0.15, -0.1) is 0 Å². The molecule has 2 fully saturated rings. The normalized spacial score (nSPS) is 23.3. The maximum absolute atomic E-state index is 13.1. The van der Waals surface area contributed by atoms with E-state index in [0.717, 1.165) is 11.8 Å². The van der Waals surface area contributed by atoms with Crippen LogP contribution in [0.3, 0.4) is 0 Å². The van der Waals surface area contributed by atoms with Crippen LogP contribution < -0.4 is 0 Å². The van der Waals surface area contributed by atoms with Crippen LogP contribution in [-0.4, -0.2) is 66.1 Å². The van der Waals surface area contributed by atoms with Gasteiger partial charge in [0.15, 0.2) is 5.82 Å². The van der Waals surface area contributed by atoms with Crippen molar-refractivity contribution in [1.82, 2.24) is 15.0 Å². The predicted octanol–water partition coefficient (Wildman–Crippen LogP) is 2.64. The summed E-state index contributed by atoms with van der Waals surface area (Å²) in [6, 6.07) is 8.33. The van der Waals surface area contributed by atoms with Crippen LogP contribution >= 0.6 is 0 Å². The molecule has 196 valence electrons. The number of likely N-dealkylation sites (tertiary alicyclic amines) is 1. The average molecular weight is 522 g/mol. The number of fused-ring (bicyclic) bond motifs is 1. The average Bonchev–Trinajstić information content (AvgIpc) is 3.10. The number of carbonyl (C=O) groups excluding carboxylic acids is 2. The Morgan fingerprint density at radius 2 is 1.92 bits per heavy atom. The lowest BCUT2D eigenvalue weighted by atomic mass is 9.95. The maximum atomic E-state index is 13.1. The summed E-state index contributed by atoms with van der Waals surface area (Å²) in [5.74, 6) is 0.192. The molecule has 2 aliphatic rings. The van der Waals surface area contributed by atoms with Crippen molar-refractivity contribution >= 4 is 22.2 Å². The molecule has 0 unspecified atom stereocenters. The zero-order valence-corrected chi connectivity index (χ0v) is 21.6. The molecule has 36 heavy (non-hydrogen) atoms. The quantitative estimate of drug-likeness (QED) is 0.357. The van der Waals surface area contributed by atoms with Crippen LogP contribution in [0.15, 0.2) is 34.9 Å². The van der Waals surface area contributed by atoms with Gasteiger partial charge in [0.25, 0.3) is 10.1 Å². The van der Waals surface area contributed by atoms with E-state index in [9.17, 15) is 18.0 Å². The number of rotatable bonds is 9. The Hall–Kier alpha value is -2.99. The van der Waals surface area contributed by atoms with E-state index in [1.807, 2.05) is 30.3 Å². The van der Waals surface area contributed by atoms with Gasteiger partial charge in [-0.25, -0.2) is 9.59 Å². The third kappa shape index (κ3) is 6.41. The van der Waals surface area contributed by atoms with E-state index in [-0.39, 0.29) is 25.7 Å². The fourth-order valence-electron chi connectivity index (χ4n) is 4.54. The Morgan fingerprint density at radius 1 is 1.19 bits per heavy atom. The third-order valence-corrected chi connectivity index (χ3v) is 6.75. The molecule has 11 nitrogen and oxygen atoms in total. The second kappa shape index (κ2) is 9.81. The van der Waals surface area contributed by atoms with Crippen LogP contribution in [0.1, 0.15) is 50.9 Å². The molecule has 1 saturated carbocycles. The van der Waals surface area contributed by atoms with Gasteiger partial charge in [-0.2, -0.15) is 13.4 Å². The first kappa shape index (κ1) is 26.1. The molecule has 3 atom stereocenters. The number of piperidine rings is 1. The van der Waals surface area contributed by atoms with Crippen molar-refractivity contribution in [3.05, 3.63) is 47.6 Å². The first-order valence-corrected chi connectivity index (χ1v) is 13.5. The monoisotopic (exact) mass is 521 g/mol. The summed E-state index contributed by atoms with van der Waals surface area (Å²) in [6.07, 6.45) is 2.02. The molecule has 12 heteroatoms. The van der Waals surface area contributed by atoms with Crippen LogP contribution in [0.5, 0.6) is 0 Å². The van der Waals surface area contributed by atoms with Crippen LogP contribution in [0.25, 0.3) is 0 Å².